The van der Waals surface area contributed by atoms with Gasteiger partial charge in [-0.2, -0.15) is 0 Å². The Kier molecular flexibility index (Phi) is 3.81. The van der Waals surface area contributed by atoms with Crippen LogP contribution in [0.15, 0.2) is 18.2 Å². The van der Waals surface area contributed by atoms with E-state index in [0.717, 1.165) is 12.8 Å². The summed E-state index contributed by atoms with van der Waals surface area (Å²) < 4.78 is 18.8. The zero-order valence-corrected chi connectivity index (χ0v) is 10.2. The van der Waals surface area contributed by atoms with Crippen LogP contribution in [0.25, 0.3) is 0 Å². The van der Waals surface area contributed by atoms with Crippen molar-refractivity contribution < 1.29 is 19.0 Å². The minimum absolute atomic E-state index is 0.0170. The number of methoxy groups -OCH3 is 1. The summed E-state index contributed by atoms with van der Waals surface area (Å²) in [6.07, 6.45) is 1.69. The van der Waals surface area contributed by atoms with E-state index >= 15 is 0 Å². The minimum Gasteiger partial charge on any atom is -0.507 e. The van der Waals surface area contributed by atoms with E-state index in [0.29, 0.717) is 13.1 Å². The minimum atomic E-state index is -0.695. The van der Waals surface area contributed by atoms with Crippen molar-refractivity contribution in [3.05, 3.63) is 29.6 Å². The highest BCUT2D eigenvalue weighted by Crippen LogP contribution is 2.23. The van der Waals surface area contributed by atoms with E-state index in [2.05, 4.69) is 0 Å². The summed E-state index contributed by atoms with van der Waals surface area (Å²) in [6, 6.07) is 3.86. The van der Waals surface area contributed by atoms with E-state index in [9.17, 15) is 14.3 Å². The molecule has 18 heavy (non-hydrogen) atoms. The number of carbonyl (C=O) groups excluding carboxylic acids is 1. The molecule has 5 heteroatoms. The topological polar surface area (TPSA) is 49.8 Å². The van der Waals surface area contributed by atoms with E-state index in [1.54, 1.807) is 7.11 Å². The molecule has 1 unspecified atom stereocenters. The van der Waals surface area contributed by atoms with Crippen LogP contribution in [0.4, 0.5) is 4.39 Å². The second-order valence-electron chi connectivity index (χ2n) is 4.39. The van der Waals surface area contributed by atoms with Gasteiger partial charge in [-0.15, -0.1) is 0 Å². The van der Waals surface area contributed by atoms with Crippen LogP contribution in [0.5, 0.6) is 5.75 Å². The predicted octanol–water partition coefficient (Wildman–Crippen LogP) is 1.78. The summed E-state index contributed by atoms with van der Waals surface area (Å²) >= 11 is 0. The number of carbonyl (C=O) groups is 1. The Hall–Kier alpha value is -1.62. The first-order valence-corrected chi connectivity index (χ1v) is 5.93. The van der Waals surface area contributed by atoms with Gasteiger partial charge in [0.05, 0.1) is 6.10 Å². The van der Waals surface area contributed by atoms with Gasteiger partial charge in [-0.3, -0.25) is 4.79 Å². The number of rotatable bonds is 2. The molecule has 0 saturated carbocycles. The van der Waals surface area contributed by atoms with E-state index in [1.165, 1.54) is 23.1 Å². The quantitative estimate of drug-likeness (QED) is 0.874. The molecule has 0 aliphatic carbocycles. The predicted molar refractivity (Wildman–Crippen MR) is 64.0 cm³/mol. The molecule has 1 aliphatic heterocycles. The van der Waals surface area contributed by atoms with E-state index < -0.39 is 11.7 Å². The molecule has 1 heterocycles. The first-order chi connectivity index (χ1) is 8.63. The number of hydrogen-bond donors (Lipinski definition) is 1. The largest absolute Gasteiger partial charge is 0.507 e. The fraction of sp³-hybridized carbons (Fsp3) is 0.462. The van der Waals surface area contributed by atoms with E-state index in [4.69, 9.17) is 4.74 Å². The highest BCUT2D eigenvalue weighted by Gasteiger charge is 2.27. The number of amides is 1. The molecule has 1 amide bonds. The molecule has 1 atom stereocenters. The van der Waals surface area contributed by atoms with Gasteiger partial charge in [0.15, 0.2) is 0 Å². The smallest absolute Gasteiger partial charge is 0.260 e. The Balaban J connectivity index is 2.20. The number of benzene rings is 1. The van der Waals surface area contributed by atoms with Crippen LogP contribution < -0.4 is 0 Å². The Morgan fingerprint density at radius 1 is 1.56 bits per heavy atom. The molecule has 4 nitrogen and oxygen atoms in total. The maximum atomic E-state index is 13.6. The maximum Gasteiger partial charge on any atom is 0.260 e. The number of hydrogen-bond acceptors (Lipinski definition) is 3. The van der Waals surface area contributed by atoms with Gasteiger partial charge in [0.1, 0.15) is 17.1 Å². The number of aromatic hydroxyl groups is 1. The normalized spacial score (nSPS) is 19.9. The number of likely N-dealkylation sites (tertiary alicyclic amines) is 1. The Bertz CT molecular complexity index is 430. The van der Waals surface area contributed by atoms with Crippen LogP contribution in [-0.4, -0.2) is 42.2 Å². The molecule has 1 N–H and O–H groups in total. The van der Waals surface area contributed by atoms with Crippen LogP contribution >= 0.6 is 0 Å². The standard InChI is InChI=1S/C13H16FNO3/c1-18-9-4-3-7-15(8-9)13(17)12-10(14)5-2-6-11(12)16/h2,5-6,9,16H,3-4,7-8H2,1H3. The zero-order chi connectivity index (χ0) is 13.1. The summed E-state index contributed by atoms with van der Waals surface area (Å²) in [5, 5.41) is 9.60. The van der Waals surface area contributed by atoms with Crippen LogP contribution in [-0.2, 0) is 4.74 Å². The number of nitrogens with zero attached hydrogens (tertiary/aromatic N) is 1. The lowest BCUT2D eigenvalue weighted by Gasteiger charge is -2.32. The lowest BCUT2D eigenvalue weighted by atomic mass is 10.1. The second-order valence-corrected chi connectivity index (χ2v) is 4.39. The van der Waals surface area contributed by atoms with Crippen molar-refractivity contribution in [3.8, 4) is 5.75 Å². The van der Waals surface area contributed by atoms with Crippen LogP contribution in [0.2, 0.25) is 0 Å². The average Bonchev–Trinajstić information content (AvgIpc) is 2.38. The van der Waals surface area contributed by atoms with Crippen LogP contribution in [0, 0.1) is 5.82 Å². The Morgan fingerprint density at radius 3 is 3.00 bits per heavy atom. The molecular weight excluding hydrogens is 237 g/mol. The van der Waals surface area contributed by atoms with Crippen molar-refractivity contribution in [3.63, 3.8) is 0 Å². The Morgan fingerprint density at radius 2 is 2.33 bits per heavy atom. The monoisotopic (exact) mass is 253 g/mol. The summed E-state index contributed by atoms with van der Waals surface area (Å²) in [6.45, 7) is 0.996. The molecule has 98 valence electrons. The zero-order valence-electron chi connectivity index (χ0n) is 10.2. The molecule has 1 aliphatic rings. The van der Waals surface area contributed by atoms with Crippen molar-refractivity contribution in [2.24, 2.45) is 0 Å². The molecule has 1 fully saturated rings. The highest BCUT2D eigenvalue weighted by atomic mass is 19.1. The van der Waals surface area contributed by atoms with Gasteiger partial charge >= 0.3 is 0 Å². The molecule has 1 aromatic rings. The fourth-order valence-electron chi connectivity index (χ4n) is 2.20. The number of halogens is 1. The van der Waals surface area contributed by atoms with Gasteiger partial charge in [-0.05, 0) is 25.0 Å². The van der Waals surface area contributed by atoms with Crippen molar-refractivity contribution >= 4 is 5.91 Å². The average molecular weight is 253 g/mol. The van der Waals surface area contributed by atoms with Gasteiger partial charge in [-0.1, -0.05) is 6.07 Å². The van der Waals surface area contributed by atoms with Gasteiger partial charge < -0.3 is 14.7 Å². The molecule has 0 spiro atoms. The maximum absolute atomic E-state index is 13.6. The van der Waals surface area contributed by atoms with Gasteiger partial charge in [0.2, 0.25) is 0 Å². The van der Waals surface area contributed by atoms with Crippen molar-refractivity contribution in [1.82, 2.24) is 4.90 Å². The number of piperidine rings is 1. The third kappa shape index (κ3) is 2.46. The lowest BCUT2D eigenvalue weighted by Crippen LogP contribution is -2.43. The SMILES string of the molecule is COC1CCCN(C(=O)c2c(O)cccc2F)C1. The van der Waals surface area contributed by atoms with Gasteiger partial charge in [-0.25, -0.2) is 4.39 Å². The van der Waals surface area contributed by atoms with Gasteiger partial charge in [0, 0.05) is 20.2 Å². The number of phenolic OH excluding ortho intramolecular Hbond substituents is 1. The van der Waals surface area contributed by atoms with Crippen molar-refractivity contribution in [2.45, 2.75) is 18.9 Å². The highest BCUT2D eigenvalue weighted by molar-refractivity contribution is 5.97. The summed E-state index contributed by atoms with van der Waals surface area (Å²) in [5.74, 6) is -1.49. The summed E-state index contributed by atoms with van der Waals surface area (Å²) in [5.41, 5.74) is -0.255. The molecule has 0 radical (unpaired) electrons. The molecule has 0 bridgehead atoms. The van der Waals surface area contributed by atoms with E-state index in [1.807, 2.05) is 0 Å². The van der Waals surface area contributed by atoms with Crippen molar-refractivity contribution in [1.29, 1.82) is 0 Å². The van der Waals surface area contributed by atoms with Gasteiger partial charge in [0.25, 0.3) is 5.91 Å². The molecule has 1 saturated heterocycles. The lowest BCUT2D eigenvalue weighted by molar-refractivity contribution is 0.0264. The molecule has 2 rings (SSSR count). The first kappa shape index (κ1) is 12.8. The second kappa shape index (κ2) is 5.35. The van der Waals surface area contributed by atoms with Crippen molar-refractivity contribution in [2.75, 3.05) is 20.2 Å². The summed E-state index contributed by atoms with van der Waals surface area (Å²) in [7, 11) is 1.60. The number of ether oxygens (including phenoxy) is 1. The molecule has 0 aromatic heterocycles. The number of phenols is 1. The molecular formula is C13H16FNO3. The van der Waals surface area contributed by atoms with E-state index in [-0.39, 0.29) is 17.4 Å². The summed E-state index contributed by atoms with van der Waals surface area (Å²) in [4.78, 5) is 13.7. The fourth-order valence-corrected chi connectivity index (χ4v) is 2.20. The van der Waals surface area contributed by atoms with Crippen LogP contribution in [0.1, 0.15) is 23.2 Å². The first-order valence-electron chi connectivity index (χ1n) is 5.93. The third-order valence-electron chi connectivity index (χ3n) is 3.20. The Labute approximate surface area is 105 Å². The third-order valence-corrected chi connectivity index (χ3v) is 3.20. The molecule has 1 aromatic carbocycles. The van der Waals surface area contributed by atoms with Crippen LogP contribution in [0.3, 0.4) is 0 Å².